The number of nitrogens with zero attached hydrogens (tertiary/aromatic N) is 1. The third kappa shape index (κ3) is 5.01. The summed E-state index contributed by atoms with van der Waals surface area (Å²) < 4.78 is 0. The highest BCUT2D eigenvalue weighted by Gasteiger charge is 2.12. The molecule has 0 unspecified atom stereocenters. The van der Waals surface area contributed by atoms with Crippen molar-refractivity contribution >= 4 is 5.78 Å². The van der Waals surface area contributed by atoms with Crippen molar-refractivity contribution in [3.8, 4) is 0 Å². The van der Waals surface area contributed by atoms with Crippen molar-refractivity contribution in [3.63, 3.8) is 0 Å². The molecule has 0 fully saturated rings. The van der Waals surface area contributed by atoms with Crippen LogP contribution < -0.4 is 0 Å². The molecule has 0 atom stereocenters. The fourth-order valence-corrected chi connectivity index (χ4v) is 1.95. The average Bonchev–Trinajstić information content (AvgIpc) is 2.25. The van der Waals surface area contributed by atoms with Crippen LogP contribution in [0.3, 0.4) is 0 Å². The van der Waals surface area contributed by atoms with Crippen LogP contribution in [0.2, 0.25) is 0 Å². The summed E-state index contributed by atoms with van der Waals surface area (Å²) in [6, 6.07) is 8.81. The normalized spacial score (nSPS) is 11.9. The predicted molar refractivity (Wildman–Crippen MR) is 77.0 cm³/mol. The summed E-state index contributed by atoms with van der Waals surface area (Å²) >= 11 is 0. The van der Waals surface area contributed by atoms with Gasteiger partial charge in [-0.05, 0) is 36.9 Å². The third-order valence-electron chi connectivity index (χ3n) is 3.09. The molecular weight excluding hydrogens is 222 g/mol. The molecule has 0 saturated heterocycles. The minimum atomic E-state index is 0.212. The Bertz CT molecular complexity index is 387. The van der Waals surface area contributed by atoms with Crippen molar-refractivity contribution in [2.75, 3.05) is 20.1 Å². The van der Waals surface area contributed by atoms with Gasteiger partial charge >= 0.3 is 0 Å². The number of hydrogen-bond donors (Lipinski definition) is 0. The second-order valence-corrected chi connectivity index (χ2v) is 6.14. The second kappa shape index (κ2) is 6.14. The van der Waals surface area contributed by atoms with Crippen LogP contribution in [0.1, 0.15) is 38.8 Å². The van der Waals surface area contributed by atoms with Crippen LogP contribution in [0.15, 0.2) is 24.3 Å². The van der Waals surface area contributed by atoms with Crippen LogP contribution in [-0.4, -0.2) is 30.8 Å². The molecule has 2 nitrogen and oxygen atoms in total. The number of hydrogen-bond acceptors (Lipinski definition) is 2. The van der Waals surface area contributed by atoms with Crippen molar-refractivity contribution in [2.45, 2.75) is 39.5 Å². The molecule has 0 amide bonds. The number of benzene rings is 1. The van der Waals surface area contributed by atoms with Crippen LogP contribution >= 0.6 is 0 Å². The molecule has 0 heterocycles. The molecule has 100 valence electrons. The molecule has 0 aromatic heterocycles. The van der Waals surface area contributed by atoms with E-state index in [2.05, 4.69) is 49.9 Å². The fraction of sp³-hybridized carbons (Fsp3) is 0.562. The first-order valence-electron chi connectivity index (χ1n) is 6.56. The quantitative estimate of drug-likeness (QED) is 0.797. The average molecular weight is 247 g/mol. The number of likely N-dealkylation sites (N-methyl/N-ethyl adjacent to an activating group) is 1. The SMILES string of the molecule is CC(=O)CN(C)CCc1ccc(C(C)(C)C)cc1. The molecule has 1 aromatic rings. The zero-order valence-corrected chi connectivity index (χ0v) is 12.3. The highest BCUT2D eigenvalue weighted by molar-refractivity contribution is 5.77. The van der Waals surface area contributed by atoms with E-state index in [-0.39, 0.29) is 11.2 Å². The second-order valence-electron chi connectivity index (χ2n) is 6.14. The Morgan fingerprint density at radius 1 is 1.17 bits per heavy atom. The van der Waals surface area contributed by atoms with Crippen molar-refractivity contribution in [3.05, 3.63) is 35.4 Å². The van der Waals surface area contributed by atoms with Gasteiger partial charge in [0, 0.05) is 6.54 Å². The van der Waals surface area contributed by atoms with E-state index in [1.807, 2.05) is 7.05 Å². The van der Waals surface area contributed by atoms with E-state index in [1.54, 1.807) is 6.92 Å². The smallest absolute Gasteiger partial charge is 0.143 e. The number of rotatable bonds is 5. The Morgan fingerprint density at radius 3 is 2.17 bits per heavy atom. The van der Waals surface area contributed by atoms with Crippen LogP contribution in [0, 0.1) is 0 Å². The highest BCUT2D eigenvalue weighted by atomic mass is 16.1. The van der Waals surface area contributed by atoms with Gasteiger partial charge in [0.1, 0.15) is 5.78 Å². The van der Waals surface area contributed by atoms with Crippen LogP contribution in [0.25, 0.3) is 0 Å². The number of ketones is 1. The zero-order valence-electron chi connectivity index (χ0n) is 12.3. The van der Waals surface area contributed by atoms with E-state index in [9.17, 15) is 4.79 Å². The van der Waals surface area contributed by atoms with Crippen LogP contribution in [0.4, 0.5) is 0 Å². The Morgan fingerprint density at radius 2 is 1.72 bits per heavy atom. The lowest BCUT2D eigenvalue weighted by atomic mass is 9.86. The molecule has 1 rings (SSSR count). The maximum Gasteiger partial charge on any atom is 0.143 e. The lowest BCUT2D eigenvalue weighted by molar-refractivity contribution is -0.117. The van der Waals surface area contributed by atoms with E-state index < -0.39 is 0 Å². The molecule has 1 aromatic carbocycles. The van der Waals surface area contributed by atoms with Gasteiger partial charge in [-0.15, -0.1) is 0 Å². The minimum absolute atomic E-state index is 0.212. The summed E-state index contributed by atoms with van der Waals surface area (Å²) in [6.45, 7) is 9.77. The van der Waals surface area contributed by atoms with Gasteiger partial charge < -0.3 is 0 Å². The molecule has 0 aliphatic rings. The van der Waals surface area contributed by atoms with E-state index >= 15 is 0 Å². The monoisotopic (exact) mass is 247 g/mol. The van der Waals surface area contributed by atoms with Gasteiger partial charge in [-0.1, -0.05) is 45.0 Å². The largest absolute Gasteiger partial charge is 0.299 e. The zero-order chi connectivity index (χ0) is 13.8. The summed E-state index contributed by atoms with van der Waals surface area (Å²) in [5.74, 6) is 0.223. The highest BCUT2D eigenvalue weighted by Crippen LogP contribution is 2.22. The van der Waals surface area contributed by atoms with Crippen molar-refractivity contribution in [2.24, 2.45) is 0 Å². The minimum Gasteiger partial charge on any atom is -0.299 e. The van der Waals surface area contributed by atoms with E-state index in [0.717, 1.165) is 13.0 Å². The summed E-state index contributed by atoms with van der Waals surface area (Å²) in [5.41, 5.74) is 2.91. The van der Waals surface area contributed by atoms with Gasteiger partial charge in [0.05, 0.1) is 6.54 Å². The van der Waals surface area contributed by atoms with E-state index in [0.29, 0.717) is 6.54 Å². The summed E-state index contributed by atoms with van der Waals surface area (Å²) in [7, 11) is 1.99. The number of carbonyl (C=O) groups excluding carboxylic acids is 1. The Kier molecular flexibility index (Phi) is 5.09. The topological polar surface area (TPSA) is 20.3 Å². The summed E-state index contributed by atoms with van der Waals surface area (Å²) in [6.07, 6.45) is 0.994. The predicted octanol–water partition coefficient (Wildman–Crippen LogP) is 3.05. The molecule has 0 bridgehead atoms. The Balaban J connectivity index is 2.52. The van der Waals surface area contributed by atoms with Crippen molar-refractivity contribution < 1.29 is 4.79 Å². The first-order chi connectivity index (χ1) is 8.29. The maximum absolute atomic E-state index is 11.0. The lowest BCUT2D eigenvalue weighted by Crippen LogP contribution is -2.26. The summed E-state index contributed by atoms with van der Waals surface area (Å²) in [5, 5.41) is 0. The molecule has 0 aliphatic carbocycles. The van der Waals surface area contributed by atoms with E-state index in [4.69, 9.17) is 0 Å². The van der Waals surface area contributed by atoms with Gasteiger partial charge in [-0.2, -0.15) is 0 Å². The van der Waals surface area contributed by atoms with Gasteiger partial charge in [-0.25, -0.2) is 0 Å². The molecule has 0 spiro atoms. The fourth-order valence-electron chi connectivity index (χ4n) is 1.95. The molecule has 0 N–H and O–H groups in total. The van der Waals surface area contributed by atoms with Gasteiger partial charge in [0.15, 0.2) is 0 Å². The lowest BCUT2D eigenvalue weighted by Gasteiger charge is -2.19. The van der Waals surface area contributed by atoms with Crippen LogP contribution in [0.5, 0.6) is 0 Å². The molecule has 0 aliphatic heterocycles. The first-order valence-corrected chi connectivity index (χ1v) is 6.56. The van der Waals surface area contributed by atoms with Gasteiger partial charge in [0.25, 0.3) is 0 Å². The van der Waals surface area contributed by atoms with Gasteiger partial charge in [-0.3, -0.25) is 9.69 Å². The van der Waals surface area contributed by atoms with E-state index in [1.165, 1.54) is 11.1 Å². The Labute approximate surface area is 111 Å². The maximum atomic E-state index is 11.0. The number of Topliss-reactive ketones (excluding diaryl/α,β-unsaturated/α-hetero) is 1. The third-order valence-corrected chi connectivity index (χ3v) is 3.09. The standard InChI is InChI=1S/C16H25NO/c1-13(18)12-17(5)11-10-14-6-8-15(9-7-14)16(2,3)4/h6-9H,10-12H2,1-5H3. The van der Waals surface area contributed by atoms with Gasteiger partial charge in [0.2, 0.25) is 0 Å². The molecule has 2 heteroatoms. The molecular formula is C16H25NO. The van der Waals surface area contributed by atoms with Crippen molar-refractivity contribution in [1.82, 2.24) is 4.90 Å². The Hall–Kier alpha value is -1.15. The first kappa shape index (κ1) is 14.9. The number of carbonyl (C=O) groups is 1. The molecule has 0 saturated carbocycles. The summed E-state index contributed by atoms with van der Waals surface area (Å²) in [4.78, 5) is 13.0. The molecule has 18 heavy (non-hydrogen) atoms. The van der Waals surface area contributed by atoms with Crippen LogP contribution in [-0.2, 0) is 16.6 Å². The molecule has 0 radical (unpaired) electrons. The van der Waals surface area contributed by atoms with Crippen molar-refractivity contribution in [1.29, 1.82) is 0 Å².